The Kier molecular flexibility index (Phi) is 8.09. The van der Waals surface area contributed by atoms with E-state index in [-0.39, 0.29) is 0 Å². The molecule has 0 aliphatic heterocycles. The van der Waals surface area contributed by atoms with E-state index in [1.54, 1.807) is 0 Å². The van der Waals surface area contributed by atoms with Gasteiger partial charge < -0.3 is 4.74 Å². The molecule has 0 atom stereocenters. The first-order valence-electron chi connectivity index (χ1n) is 7.25. The normalized spacial score (nSPS) is 14.9. The fraction of sp³-hybridized carbons (Fsp3) is 0.714. The summed E-state index contributed by atoms with van der Waals surface area (Å²) in [5.74, 6) is -42.6. The number of allylic oxidation sites excluding steroid dienone is 2. The van der Waals surface area contributed by atoms with Gasteiger partial charge in [-0.3, -0.25) is 0 Å². The van der Waals surface area contributed by atoms with E-state index < -0.39 is 72.7 Å². The molecule has 0 heterocycles. The Balaban J connectivity index is 5.42. The van der Waals surface area contributed by atoms with E-state index in [1.165, 1.54) is 0 Å². The molecule has 0 aromatic carbocycles. The van der Waals surface area contributed by atoms with E-state index in [9.17, 15) is 70.2 Å². The highest BCUT2D eigenvalue weighted by Crippen LogP contribution is 2.52. The number of hydrogen-bond acceptors (Lipinski definition) is 1. The van der Waals surface area contributed by atoms with Crippen molar-refractivity contribution in [1.29, 1.82) is 0 Å². The maximum absolute atomic E-state index is 13.3. The van der Waals surface area contributed by atoms with Crippen molar-refractivity contribution in [2.45, 2.75) is 61.2 Å². The summed E-state index contributed by atoms with van der Waals surface area (Å²) >= 11 is 0. The van der Waals surface area contributed by atoms with Gasteiger partial charge in [0, 0.05) is 0 Å². The molecule has 0 aliphatic rings. The number of halogens is 16. The molecule has 184 valence electrons. The minimum absolute atomic E-state index is 1.89. The summed E-state index contributed by atoms with van der Waals surface area (Å²) < 4.78 is 208. The number of hydrogen-bond donors (Lipinski definition) is 0. The smallest absolute Gasteiger partial charge is 0.378 e. The van der Waals surface area contributed by atoms with Crippen LogP contribution in [0.5, 0.6) is 0 Å². The van der Waals surface area contributed by atoms with Gasteiger partial charge in [0.1, 0.15) is 11.5 Å². The Labute approximate surface area is 162 Å². The average molecular weight is 498 g/mol. The van der Waals surface area contributed by atoms with Crippen LogP contribution in [0, 0.1) is 0 Å². The maximum atomic E-state index is 13.3. The fourth-order valence-electron chi connectivity index (χ4n) is 1.76. The summed E-state index contributed by atoms with van der Waals surface area (Å²) in [5, 5.41) is 0. The average Bonchev–Trinajstić information content (AvgIpc) is 2.51. The zero-order valence-electron chi connectivity index (χ0n) is 14.4. The third-order valence-electron chi connectivity index (χ3n) is 3.43. The second-order valence-corrected chi connectivity index (χ2v) is 5.94. The topological polar surface area (TPSA) is 9.23 Å². The first kappa shape index (κ1) is 29.2. The molecule has 0 aliphatic carbocycles. The van der Waals surface area contributed by atoms with Crippen LogP contribution in [-0.2, 0) is 4.74 Å². The van der Waals surface area contributed by atoms with Crippen LogP contribution in [0.15, 0.2) is 24.7 Å². The molecule has 0 rings (SSSR count). The van der Waals surface area contributed by atoms with E-state index in [1.807, 2.05) is 0 Å². The molecule has 0 spiro atoms. The summed E-state index contributed by atoms with van der Waals surface area (Å²) in [6.45, 7) is 4.72. The van der Waals surface area contributed by atoms with Gasteiger partial charge in [-0.1, -0.05) is 13.2 Å². The van der Waals surface area contributed by atoms with Gasteiger partial charge >= 0.3 is 48.4 Å². The summed E-state index contributed by atoms with van der Waals surface area (Å²) in [7, 11) is 0. The highest BCUT2D eigenvalue weighted by molar-refractivity contribution is 5.08. The largest absolute Gasteiger partial charge is 0.467 e. The lowest BCUT2D eigenvalue weighted by molar-refractivity contribution is -0.340. The standard InChI is InChI=1S/C14H10F16O/c1-5(3-9(19,20)13(27,28)11(23,24)7(15)16)31-6(2)4-10(21,22)14(29,30)12(25,26)8(17)18/h7-8H,1-4H2. The van der Waals surface area contributed by atoms with Crippen LogP contribution >= 0.6 is 0 Å². The predicted molar refractivity (Wildman–Crippen MR) is 70.3 cm³/mol. The van der Waals surface area contributed by atoms with Gasteiger partial charge in [-0.25, -0.2) is 17.6 Å². The zero-order valence-corrected chi connectivity index (χ0v) is 14.4. The maximum Gasteiger partial charge on any atom is 0.378 e. The van der Waals surface area contributed by atoms with Gasteiger partial charge in [-0.15, -0.1) is 0 Å². The van der Waals surface area contributed by atoms with Crippen LogP contribution in [0.3, 0.4) is 0 Å². The predicted octanol–water partition coefficient (Wildman–Crippen LogP) is 7.15. The molecule has 0 saturated heterocycles. The van der Waals surface area contributed by atoms with Crippen LogP contribution in [-0.4, -0.2) is 48.4 Å². The van der Waals surface area contributed by atoms with Gasteiger partial charge in [-0.05, 0) is 0 Å². The Morgan fingerprint density at radius 2 is 0.774 bits per heavy atom. The van der Waals surface area contributed by atoms with Crippen molar-refractivity contribution < 1.29 is 75.0 Å². The lowest BCUT2D eigenvalue weighted by Crippen LogP contribution is -2.57. The third-order valence-corrected chi connectivity index (χ3v) is 3.43. The number of alkyl halides is 16. The molecule has 0 bridgehead atoms. The molecule has 0 aromatic heterocycles. The van der Waals surface area contributed by atoms with Gasteiger partial charge in [0.15, 0.2) is 0 Å². The van der Waals surface area contributed by atoms with Crippen molar-refractivity contribution in [3.8, 4) is 0 Å². The molecule has 0 unspecified atom stereocenters. The highest BCUT2D eigenvalue weighted by Gasteiger charge is 2.76. The summed E-state index contributed by atoms with van der Waals surface area (Å²) in [6, 6.07) is 0. The van der Waals surface area contributed by atoms with Gasteiger partial charge in [0.05, 0.1) is 12.8 Å². The van der Waals surface area contributed by atoms with E-state index in [0.717, 1.165) is 0 Å². The second kappa shape index (κ2) is 8.60. The minimum atomic E-state index is -6.75. The lowest BCUT2D eigenvalue weighted by Gasteiger charge is -2.33. The van der Waals surface area contributed by atoms with Gasteiger partial charge in [-0.2, -0.15) is 52.7 Å². The van der Waals surface area contributed by atoms with Crippen LogP contribution < -0.4 is 0 Å². The van der Waals surface area contributed by atoms with E-state index in [2.05, 4.69) is 17.9 Å². The molecule has 1 nitrogen and oxygen atoms in total. The van der Waals surface area contributed by atoms with Crippen molar-refractivity contribution >= 4 is 0 Å². The van der Waals surface area contributed by atoms with Crippen molar-refractivity contribution in [3.63, 3.8) is 0 Å². The van der Waals surface area contributed by atoms with Crippen LogP contribution in [0.25, 0.3) is 0 Å². The SMILES string of the molecule is C=C(CC(F)(F)C(F)(F)C(F)(F)C(F)F)OC(=C)CC(F)(F)C(F)(F)C(F)(F)C(F)F. The van der Waals surface area contributed by atoms with Gasteiger partial charge in [0.2, 0.25) is 0 Å². The quantitative estimate of drug-likeness (QED) is 0.205. The van der Waals surface area contributed by atoms with E-state index in [4.69, 9.17) is 0 Å². The molecule has 0 N–H and O–H groups in total. The molecule has 0 aromatic rings. The lowest BCUT2D eigenvalue weighted by atomic mass is 10.0. The molecule has 0 saturated carbocycles. The molecular weight excluding hydrogens is 488 g/mol. The van der Waals surface area contributed by atoms with Crippen LogP contribution in [0.2, 0.25) is 0 Å². The Bertz CT molecular complexity index is 609. The van der Waals surface area contributed by atoms with E-state index in [0.29, 0.717) is 0 Å². The summed E-state index contributed by atoms with van der Waals surface area (Å²) in [5.41, 5.74) is 0. The van der Waals surface area contributed by atoms with Crippen molar-refractivity contribution in [1.82, 2.24) is 0 Å². The van der Waals surface area contributed by atoms with Crippen molar-refractivity contribution in [3.05, 3.63) is 24.7 Å². The highest BCUT2D eigenvalue weighted by atomic mass is 19.4. The number of rotatable bonds is 12. The molecule has 17 heteroatoms. The Morgan fingerprint density at radius 1 is 0.548 bits per heavy atom. The molecular formula is C14H10F16O. The number of ether oxygens (including phenoxy) is 1. The molecule has 31 heavy (non-hydrogen) atoms. The van der Waals surface area contributed by atoms with Gasteiger partial charge in [0.25, 0.3) is 0 Å². The Hall–Kier alpha value is -1.84. The molecule has 0 amide bonds. The first-order chi connectivity index (χ1) is 13.4. The molecule has 0 fully saturated rings. The minimum Gasteiger partial charge on any atom is -0.467 e. The molecule has 0 radical (unpaired) electrons. The zero-order chi connectivity index (χ0) is 25.4. The van der Waals surface area contributed by atoms with Crippen LogP contribution in [0.1, 0.15) is 12.8 Å². The summed E-state index contributed by atoms with van der Waals surface area (Å²) in [4.78, 5) is 0. The fourth-order valence-corrected chi connectivity index (χ4v) is 1.76. The monoisotopic (exact) mass is 498 g/mol. The Morgan fingerprint density at radius 3 is 0.968 bits per heavy atom. The summed E-state index contributed by atoms with van der Waals surface area (Å²) in [6.07, 6.45) is -16.1. The van der Waals surface area contributed by atoms with E-state index >= 15 is 0 Å². The first-order valence-corrected chi connectivity index (χ1v) is 7.25. The van der Waals surface area contributed by atoms with Crippen molar-refractivity contribution in [2.75, 3.05) is 0 Å². The third kappa shape index (κ3) is 5.32. The van der Waals surface area contributed by atoms with Crippen molar-refractivity contribution in [2.24, 2.45) is 0 Å². The second-order valence-electron chi connectivity index (χ2n) is 5.94. The van der Waals surface area contributed by atoms with Crippen LogP contribution in [0.4, 0.5) is 70.2 Å².